The summed E-state index contributed by atoms with van der Waals surface area (Å²) in [4.78, 5) is 32.7. The van der Waals surface area contributed by atoms with Crippen molar-refractivity contribution in [2.45, 2.75) is 105 Å². The fraction of sp³-hybridized carbons (Fsp3) is 0.211. The summed E-state index contributed by atoms with van der Waals surface area (Å²) in [6.07, 6.45) is 0. The second kappa shape index (κ2) is 20.2. The van der Waals surface area contributed by atoms with Crippen molar-refractivity contribution in [2.75, 3.05) is 0 Å². The summed E-state index contributed by atoms with van der Waals surface area (Å²) in [5.41, 5.74) is 15.9. The Labute approximate surface area is 493 Å². The summed E-state index contributed by atoms with van der Waals surface area (Å²) in [6, 6.07) is 73.6. The maximum Gasteiger partial charge on any atom is 0.166 e. The van der Waals surface area contributed by atoms with Crippen molar-refractivity contribution in [2.24, 2.45) is 0 Å². The lowest BCUT2D eigenvalue weighted by Crippen LogP contribution is -2.17. The fourth-order valence-corrected chi connectivity index (χ4v) is 11.5. The number of fused-ring (bicyclic) bond motifs is 6. The molecule has 0 unspecified atom stereocenters. The van der Waals surface area contributed by atoms with Crippen LogP contribution in [0.3, 0.4) is 0 Å². The molecule has 13 aromatic rings. The van der Waals surface area contributed by atoms with Gasteiger partial charge in [0.2, 0.25) is 0 Å². The average Bonchev–Trinajstić information content (AvgIpc) is 1.79. The Hall–Kier alpha value is -9.40. The minimum Gasteiger partial charge on any atom is -0.309 e. The van der Waals surface area contributed by atoms with E-state index in [9.17, 15) is 0 Å². The molecular weight excluding hydrogens is 1020 g/mol. The molecule has 4 heterocycles. The molecule has 0 amide bonds. The molecule has 0 bridgehead atoms. The van der Waals surface area contributed by atoms with Gasteiger partial charge in [-0.15, -0.1) is 0 Å². The Kier molecular flexibility index (Phi) is 13.0. The van der Waals surface area contributed by atoms with Crippen LogP contribution >= 0.6 is 0 Å². The van der Waals surface area contributed by atoms with Crippen LogP contribution in [0, 0.1) is 0 Å². The van der Waals surface area contributed by atoms with Gasteiger partial charge in [0.05, 0.1) is 27.8 Å². The van der Waals surface area contributed by atoms with E-state index in [1.807, 2.05) is 36.4 Å². The summed E-state index contributed by atoms with van der Waals surface area (Å²) in [6.45, 7) is 27.3. The highest BCUT2D eigenvalue weighted by molar-refractivity contribution is 6.19. The molecule has 0 saturated heterocycles. The first-order chi connectivity index (χ1) is 40.1. The Morgan fingerprint density at radius 3 is 1.05 bits per heavy atom. The van der Waals surface area contributed by atoms with Crippen LogP contribution in [0.1, 0.15) is 105 Å². The molecule has 414 valence electrons. The van der Waals surface area contributed by atoms with Crippen molar-refractivity contribution in [3.8, 4) is 79.7 Å². The van der Waals surface area contributed by atoms with E-state index in [-0.39, 0.29) is 21.7 Å². The summed E-state index contributed by atoms with van der Waals surface area (Å²) < 4.78 is 4.78. The molecule has 4 aromatic heterocycles. The first kappa shape index (κ1) is 53.9. The second-order valence-corrected chi connectivity index (χ2v) is 26.6. The molecule has 8 nitrogen and oxygen atoms in total. The van der Waals surface area contributed by atoms with E-state index in [2.05, 4.69) is 262 Å². The van der Waals surface area contributed by atoms with Crippen LogP contribution in [0.2, 0.25) is 0 Å². The predicted octanol–water partition coefficient (Wildman–Crippen LogP) is 19.4. The topological polar surface area (TPSA) is 87.2 Å². The van der Waals surface area contributed by atoms with Crippen LogP contribution in [0.25, 0.3) is 123 Å². The molecule has 84 heavy (non-hydrogen) atoms. The van der Waals surface area contributed by atoms with E-state index in [0.29, 0.717) is 34.9 Å². The van der Waals surface area contributed by atoms with E-state index in [4.69, 9.17) is 29.9 Å². The summed E-state index contributed by atoms with van der Waals surface area (Å²) in [5, 5.41) is 4.66. The Balaban J connectivity index is 1.14. The maximum atomic E-state index is 5.55. The van der Waals surface area contributed by atoms with E-state index >= 15 is 0 Å². The minimum atomic E-state index is -0.138. The zero-order chi connectivity index (χ0) is 58.5. The minimum absolute atomic E-state index is 0.138. The number of aromatic nitrogens is 8. The highest BCUT2D eigenvalue weighted by Gasteiger charge is 2.28. The van der Waals surface area contributed by atoms with E-state index < -0.39 is 0 Å². The molecule has 0 spiro atoms. The van der Waals surface area contributed by atoms with Crippen molar-refractivity contribution in [1.29, 1.82) is 0 Å². The average molecular weight is 1100 g/mol. The third-order valence-corrected chi connectivity index (χ3v) is 16.4. The SMILES string of the molecule is CC(C)(C)c1cc(-c2nc(-c3cc(C(C)(C)C)cc(C(C)(C)C)c3)nc(-c3ccc(-n4c5ccccc5c5cc6c7ccccc7n(-c7ccccc7)c6cc54)c(-c4nc(-c5ccccc5)nc(-c5ccccc5)n4)c3)n2)cc(C(C)(C)C)c1. The second-order valence-electron chi connectivity index (χ2n) is 26.6. The van der Waals surface area contributed by atoms with Gasteiger partial charge in [0.25, 0.3) is 0 Å². The van der Waals surface area contributed by atoms with Gasteiger partial charge in [0.15, 0.2) is 34.9 Å². The van der Waals surface area contributed by atoms with E-state index in [1.54, 1.807) is 0 Å². The maximum absolute atomic E-state index is 5.55. The summed E-state index contributed by atoms with van der Waals surface area (Å²) in [7, 11) is 0. The van der Waals surface area contributed by atoms with Gasteiger partial charge >= 0.3 is 0 Å². The Bertz CT molecular complexity index is 4460. The zero-order valence-electron chi connectivity index (χ0n) is 50.2. The van der Waals surface area contributed by atoms with Crippen LogP contribution < -0.4 is 0 Å². The number of para-hydroxylation sites is 3. The Morgan fingerprint density at radius 2 is 0.607 bits per heavy atom. The molecule has 0 fully saturated rings. The predicted molar refractivity (Wildman–Crippen MR) is 349 cm³/mol. The molecule has 8 heteroatoms. The molecule has 0 atom stereocenters. The van der Waals surface area contributed by atoms with Crippen molar-refractivity contribution in [3.05, 3.63) is 229 Å². The molecule has 9 aromatic carbocycles. The van der Waals surface area contributed by atoms with Gasteiger partial charge in [-0.1, -0.05) is 210 Å². The number of hydrogen-bond donors (Lipinski definition) is 0. The number of benzene rings is 9. The summed E-state index contributed by atoms with van der Waals surface area (Å²) >= 11 is 0. The molecular formula is C76H70N8. The quantitative estimate of drug-likeness (QED) is 0.151. The monoisotopic (exact) mass is 1090 g/mol. The van der Waals surface area contributed by atoms with Gasteiger partial charge in [-0.3, -0.25) is 0 Å². The third kappa shape index (κ3) is 9.93. The number of nitrogens with zero attached hydrogens (tertiary/aromatic N) is 8. The van der Waals surface area contributed by atoms with E-state index in [1.165, 1.54) is 33.0 Å². The molecule has 13 rings (SSSR count). The molecule has 0 radical (unpaired) electrons. The van der Waals surface area contributed by atoms with Gasteiger partial charge in [-0.05, 0) is 123 Å². The smallest absolute Gasteiger partial charge is 0.166 e. The van der Waals surface area contributed by atoms with Crippen molar-refractivity contribution < 1.29 is 0 Å². The highest BCUT2D eigenvalue weighted by atomic mass is 15.1. The largest absolute Gasteiger partial charge is 0.309 e. The lowest BCUT2D eigenvalue weighted by Gasteiger charge is -2.26. The van der Waals surface area contributed by atoms with Crippen LogP contribution in [-0.2, 0) is 21.7 Å². The number of hydrogen-bond acceptors (Lipinski definition) is 6. The van der Waals surface area contributed by atoms with Crippen LogP contribution in [0.5, 0.6) is 0 Å². The lowest BCUT2D eigenvalue weighted by atomic mass is 9.79. The van der Waals surface area contributed by atoms with Gasteiger partial charge in [-0.2, -0.15) is 0 Å². The van der Waals surface area contributed by atoms with Crippen molar-refractivity contribution in [3.63, 3.8) is 0 Å². The van der Waals surface area contributed by atoms with Gasteiger partial charge < -0.3 is 9.13 Å². The van der Waals surface area contributed by atoms with Gasteiger partial charge in [0, 0.05) is 60.6 Å². The third-order valence-electron chi connectivity index (χ3n) is 16.4. The molecule has 0 aliphatic rings. The van der Waals surface area contributed by atoms with Gasteiger partial charge in [-0.25, -0.2) is 29.9 Å². The summed E-state index contributed by atoms with van der Waals surface area (Å²) in [5.74, 6) is 3.40. The van der Waals surface area contributed by atoms with Crippen molar-refractivity contribution >= 4 is 43.6 Å². The first-order valence-electron chi connectivity index (χ1n) is 29.3. The van der Waals surface area contributed by atoms with Crippen LogP contribution in [-0.4, -0.2) is 39.0 Å². The zero-order valence-corrected chi connectivity index (χ0v) is 50.2. The highest BCUT2D eigenvalue weighted by Crippen LogP contribution is 2.43. The fourth-order valence-electron chi connectivity index (χ4n) is 11.5. The molecule has 0 aliphatic heterocycles. The standard InChI is InChI=1S/C76H70N8/c1-73(2,3)52-38-50(39-53(43-52)74(4,5)6)70-78-69(79-71(80-70)51-40-54(75(7,8)9)44-55(41-51)76(10,11)12)49-36-37-64(61(42-49)72-81-67(47-26-16-13-17-27-47)77-68(82-72)48-28-18-14-19-29-48)84-63-35-25-23-33-58(63)60-45-59-57-32-22-24-34-62(57)83(65(59)46-66(60)84)56-30-20-15-21-31-56/h13-46H,1-12H3. The van der Waals surface area contributed by atoms with Crippen LogP contribution in [0.15, 0.2) is 206 Å². The normalized spacial score (nSPS) is 12.5. The molecule has 0 aliphatic carbocycles. The van der Waals surface area contributed by atoms with Crippen LogP contribution in [0.4, 0.5) is 0 Å². The number of rotatable bonds is 8. The van der Waals surface area contributed by atoms with Crippen molar-refractivity contribution in [1.82, 2.24) is 39.0 Å². The first-order valence-corrected chi connectivity index (χ1v) is 29.3. The molecule has 0 saturated carbocycles. The Morgan fingerprint density at radius 1 is 0.250 bits per heavy atom. The molecule has 0 N–H and O–H groups in total. The van der Waals surface area contributed by atoms with E-state index in [0.717, 1.165) is 77.6 Å². The lowest BCUT2D eigenvalue weighted by molar-refractivity contribution is 0.568. The van der Waals surface area contributed by atoms with Gasteiger partial charge in [0.1, 0.15) is 0 Å².